The fraction of sp³-hybridized carbons (Fsp3) is 0.0769. The van der Waals surface area contributed by atoms with Crippen molar-refractivity contribution in [3.05, 3.63) is 67.5 Å². The van der Waals surface area contributed by atoms with Gasteiger partial charge >= 0.3 is 0 Å². The third-order valence-electron chi connectivity index (χ3n) is 2.59. The van der Waals surface area contributed by atoms with Crippen LogP contribution in [0.25, 0.3) is 0 Å². The normalized spacial score (nSPS) is 10.2. The zero-order chi connectivity index (χ0) is 13.8. The van der Waals surface area contributed by atoms with Gasteiger partial charge in [-0.05, 0) is 34.7 Å². The highest BCUT2D eigenvalue weighted by Gasteiger charge is 2.09. The van der Waals surface area contributed by atoms with Crippen molar-refractivity contribution in [1.29, 1.82) is 0 Å². The summed E-state index contributed by atoms with van der Waals surface area (Å²) in [6.07, 6.45) is 0. The molecule has 19 heavy (non-hydrogen) atoms. The van der Waals surface area contributed by atoms with Gasteiger partial charge in [-0.15, -0.1) is 0 Å². The molecular formula is C13H10FIN2O2. The summed E-state index contributed by atoms with van der Waals surface area (Å²) in [6.45, 7) is 0.334. The van der Waals surface area contributed by atoms with Crippen molar-refractivity contribution in [3.63, 3.8) is 0 Å². The van der Waals surface area contributed by atoms with Crippen molar-refractivity contribution in [3.8, 4) is 0 Å². The van der Waals surface area contributed by atoms with Crippen LogP contribution >= 0.6 is 22.6 Å². The molecule has 0 aliphatic rings. The van der Waals surface area contributed by atoms with E-state index < -0.39 is 4.92 Å². The average molecular weight is 372 g/mol. The molecule has 0 saturated heterocycles. The molecule has 0 aliphatic carbocycles. The van der Waals surface area contributed by atoms with Crippen LogP contribution in [0, 0.1) is 19.5 Å². The Balaban J connectivity index is 2.12. The number of nitro benzene ring substituents is 1. The van der Waals surface area contributed by atoms with Crippen LogP contribution in [0.1, 0.15) is 5.56 Å². The molecule has 0 amide bonds. The van der Waals surface area contributed by atoms with Gasteiger partial charge < -0.3 is 5.32 Å². The van der Waals surface area contributed by atoms with Crippen LogP contribution in [0.3, 0.4) is 0 Å². The summed E-state index contributed by atoms with van der Waals surface area (Å²) in [4.78, 5) is 10.2. The van der Waals surface area contributed by atoms with Crippen molar-refractivity contribution in [2.24, 2.45) is 0 Å². The fourth-order valence-electron chi connectivity index (χ4n) is 1.59. The molecule has 1 N–H and O–H groups in total. The lowest BCUT2D eigenvalue weighted by Crippen LogP contribution is -2.03. The molecule has 2 aromatic rings. The second kappa shape index (κ2) is 5.96. The van der Waals surface area contributed by atoms with Gasteiger partial charge in [-0.1, -0.05) is 18.2 Å². The molecular weight excluding hydrogens is 362 g/mol. The highest BCUT2D eigenvalue weighted by molar-refractivity contribution is 14.1. The van der Waals surface area contributed by atoms with Crippen molar-refractivity contribution in [1.82, 2.24) is 0 Å². The molecule has 0 radical (unpaired) electrons. The Morgan fingerprint density at radius 2 is 2.00 bits per heavy atom. The van der Waals surface area contributed by atoms with Crippen LogP contribution in [-0.2, 0) is 6.54 Å². The van der Waals surface area contributed by atoms with Crippen LogP contribution in [0.5, 0.6) is 0 Å². The number of hydrogen-bond donors (Lipinski definition) is 1. The number of nitrogens with one attached hydrogen (secondary N) is 1. The Bertz CT molecular complexity index is 619. The average Bonchev–Trinajstić information content (AvgIpc) is 2.39. The minimum atomic E-state index is -0.442. The van der Waals surface area contributed by atoms with Gasteiger partial charge in [0, 0.05) is 33.5 Å². The van der Waals surface area contributed by atoms with Gasteiger partial charge in [0.05, 0.1) is 4.92 Å². The van der Waals surface area contributed by atoms with Crippen molar-refractivity contribution in [2.75, 3.05) is 5.32 Å². The van der Waals surface area contributed by atoms with E-state index in [1.807, 2.05) is 22.6 Å². The number of rotatable bonds is 4. The Kier molecular flexibility index (Phi) is 4.31. The predicted molar refractivity (Wildman–Crippen MR) is 79.5 cm³/mol. The van der Waals surface area contributed by atoms with Gasteiger partial charge in [0.2, 0.25) is 0 Å². The zero-order valence-electron chi connectivity index (χ0n) is 9.77. The van der Waals surface area contributed by atoms with E-state index in [0.29, 0.717) is 12.1 Å². The van der Waals surface area contributed by atoms with E-state index in [0.717, 1.165) is 9.26 Å². The zero-order valence-corrected chi connectivity index (χ0v) is 11.9. The maximum absolute atomic E-state index is 13.4. The van der Waals surface area contributed by atoms with E-state index in [9.17, 15) is 14.5 Å². The van der Waals surface area contributed by atoms with Gasteiger partial charge in [0.1, 0.15) is 5.82 Å². The minimum absolute atomic E-state index is 0.0424. The van der Waals surface area contributed by atoms with Gasteiger partial charge in [-0.25, -0.2) is 4.39 Å². The summed E-state index contributed by atoms with van der Waals surface area (Å²) in [5.74, 6) is -0.271. The molecule has 0 fully saturated rings. The lowest BCUT2D eigenvalue weighted by molar-refractivity contribution is -0.384. The maximum Gasteiger partial charge on any atom is 0.270 e. The second-order valence-electron chi connectivity index (χ2n) is 3.87. The smallest absolute Gasteiger partial charge is 0.270 e. The SMILES string of the molecule is O=[N+]([O-])c1ccc(NCc2ccccc2F)c(I)c1. The van der Waals surface area contributed by atoms with Gasteiger partial charge in [-0.3, -0.25) is 10.1 Å². The first-order valence-corrected chi connectivity index (χ1v) is 6.57. The summed E-state index contributed by atoms with van der Waals surface area (Å²) in [5.41, 5.74) is 1.34. The third-order valence-corrected chi connectivity index (χ3v) is 3.48. The molecule has 0 heterocycles. The standard InChI is InChI=1S/C13H10FIN2O2/c14-11-4-2-1-3-9(11)8-16-13-6-5-10(17(18)19)7-12(13)15/h1-7,16H,8H2. The summed E-state index contributed by atoms with van der Waals surface area (Å²) in [5, 5.41) is 13.7. The van der Waals surface area contributed by atoms with Gasteiger partial charge in [0.25, 0.3) is 5.69 Å². The number of benzene rings is 2. The summed E-state index contributed by atoms with van der Waals surface area (Å²) in [6, 6.07) is 11.0. The number of nitrogens with zero attached hydrogens (tertiary/aromatic N) is 1. The van der Waals surface area contributed by atoms with E-state index in [2.05, 4.69) is 5.32 Å². The minimum Gasteiger partial charge on any atom is -0.380 e. The summed E-state index contributed by atoms with van der Waals surface area (Å²) < 4.78 is 14.2. The first-order valence-electron chi connectivity index (χ1n) is 5.49. The van der Waals surface area contributed by atoms with Crippen LogP contribution in [-0.4, -0.2) is 4.92 Å². The van der Waals surface area contributed by atoms with Crippen molar-refractivity contribution >= 4 is 34.0 Å². The Morgan fingerprint density at radius 3 is 2.63 bits per heavy atom. The molecule has 6 heteroatoms. The molecule has 0 unspecified atom stereocenters. The maximum atomic E-state index is 13.4. The number of halogens is 2. The highest BCUT2D eigenvalue weighted by atomic mass is 127. The summed E-state index contributed by atoms with van der Waals surface area (Å²) in [7, 11) is 0. The third kappa shape index (κ3) is 3.40. The Morgan fingerprint density at radius 1 is 1.26 bits per heavy atom. The molecule has 0 atom stereocenters. The van der Waals surface area contributed by atoms with Crippen LogP contribution in [0.15, 0.2) is 42.5 Å². The fourth-order valence-corrected chi connectivity index (χ4v) is 2.28. The largest absolute Gasteiger partial charge is 0.380 e. The van der Waals surface area contributed by atoms with Crippen LogP contribution in [0.4, 0.5) is 15.8 Å². The van der Waals surface area contributed by atoms with E-state index in [1.165, 1.54) is 18.2 Å². The molecule has 2 rings (SSSR count). The van der Waals surface area contributed by atoms with E-state index >= 15 is 0 Å². The summed E-state index contributed by atoms with van der Waals surface area (Å²) >= 11 is 2.01. The second-order valence-corrected chi connectivity index (χ2v) is 5.03. The lowest BCUT2D eigenvalue weighted by Gasteiger charge is -2.09. The Hall–Kier alpha value is -1.70. The lowest BCUT2D eigenvalue weighted by atomic mass is 10.2. The van der Waals surface area contributed by atoms with E-state index in [-0.39, 0.29) is 11.5 Å². The number of hydrogen-bond acceptors (Lipinski definition) is 3. The molecule has 0 bridgehead atoms. The molecule has 98 valence electrons. The molecule has 0 aliphatic heterocycles. The first-order chi connectivity index (χ1) is 9.08. The van der Waals surface area contributed by atoms with Crippen molar-refractivity contribution < 1.29 is 9.31 Å². The predicted octanol–water partition coefficient (Wildman–Crippen LogP) is 3.95. The quantitative estimate of drug-likeness (QED) is 0.502. The first kappa shape index (κ1) is 13.7. The molecule has 0 aromatic heterocycles. The van der Waals surface area contributed by atoms with E-state index in [4.69, 9.17) is 0 Å². The highest BCUT2D eigenvalue weighted by Crippen LogP contribution is 2.24. The molecule has 0 spiro atoms. The molecule has 2 aromatic carbocycles. The monoisotopic (exact) mass is 372 g/mol. The number of non-ortho nitro benzene ring substituents is 1. The van der Waals surface area contributed by atoms with Crippen LogP contribution < -0.4 is 5.32 Å². The Labute approximate surface area is 122 Å². The van der Waals surface area contributed by atoms with Crippen molar-refractivity contribution in [2.45, 2.75) is 6.54 Å². The van der Waals surface area contributed by atoms with E-state index in [1.54, 1.807) is 24.3 Å². The topological polar surface area (TPSA) is 55.2 Å². The molecule has 0 saturated carbocycles. The van der Waals surface area contributed by atoms with Gasteiger partial charge in [-0.2, -0.15) is 0 Å². The van der Waals surface area contributed by atoms with Gasteiger partial charge in [0.15, 0.2) is 0 Å². The number of nitro groups is 1. The molecule has 4 nitrogen and oxygen atoms in total. The van der Waals surface area contributed by atoms with Crippen LogP contribution in [0.2, 0.25) is 0 Å². The number of anilines is 1.